The standard InChI is InChI=1S/C36H43N5O6S2/c1-25-11-10-16-40-32(25)37-33(39-19-17-38(18-20-39)23-26-13-14-28-29(21-26)47-24-46-28)27(34(40)44)22-30-35(45)41(36(48)49-30)15-9-7-5-3-2-4-6-8-12-31(42)43/h10-11,13-14,16,21-22H,2-9,12,15,17-20,23-24H2,1H3,(H,42,43). The van der Waals surface area contributed by atoms with Crippen LogP contribution in [0, 0.1) is 6.92 Å². The normalized spacial score (nSPS) is 17.2. The van der Waals surface area contributed by atoms with Gasteiger partial charge in [0.25, 0.3) is 11.5 Å². The van der Waals surface area contributed by atoms with Crippen molar-refractivity contribution in [3.05, 3.63) is 68.5 Å². The highest BCUT2D eigenvalue weighted by Gasteiger charge is 2.33. The number of piperazine rings is 1. The molecule has 13 heteroatoms. The average molecular weight is 706 g/mol. The lowest BCUT2D eigenvalue weighted by molar-refractivity contribution is -0.137. The Morgan fingerprint density at radius 2 is 1.69 bits per heavy atom. The molecule has 1 aromatic carbocycles. The number of aromatic nitrogens is 2. The molecule has 0 unspecified atom stereocenters. The summed E-state index contributed by atoms with van der Waals surface area (Å²) in [7, 11) is 0. The highest BCUT2D eigenvalue weighted by molar-refractivity contribution is 8.26. The molecule has 0 saturated carbocycles. The third kappa shape index (κ3) is 8.45. The number of amides is 1. The molecule has 1 N–H and O–H groups in total. The predicted molar refractivity (Wildman–Crippen MR) is 195 cm³/mol. The molecular formula is C36H43N5O6S2. The van der Waals surface area contributed by atoms with Crippen molar-refractivity contribution in [3.8, 4) is 11.5 Å². The largest absolute Gasteiger partial charge is 0.481 e. The minimum absolute atomic E-state index is 0.165. The summed E-state index contributed by atoms with van der Waals surface area (Å²) in [6, 6.07) is 9.84. The van der Waals surface area contributed by atoms with Crippen molar-refractivity contribution in [2.75, 3.05) is 44.4 Å². The first-order valence-corrected chi connectivity index (χ1v) is 18.4. The molecule has 1 amide bonds. The minimum atomic E-state index is -0.730. The lowest BCUT2D eigenvalue weighted by Crippen LogP contribution is -2.47. The van der Waals surface area contributed by atoms with Gasteiger partial charge >= 0.3 is 5.97 Å². The summed E-state index contributed by atoms with van der Waals surface area (Å²) in [6.07, 6.45) is 11.5. The number of thioether (sulfide) groups is 1. The fraction of sp³-hybridized carbons (Fsp3) is 0.472. The molecule has 2 fully saturated rings. The maximum absolute atomic E-state index is 14.0. The van der Waals surface area contributed by atoms with Crippen LogP contribution in [0.2, 0.25) is 0 Å². The van der Waals surface area contributed by atoms with Crippen molar-refractivity contribution in [3.63, 3.8) is 0 Å². The molecule has 3 aliphatic heterocycles. The molecule has 0 atom stereocenters. The van der Waals surface area contributed by atoms with Gasteiger partial charge in [-0.05, 0) is 55.2 Å². The van der Waals surface area contributed by atoms with Gasteiger partial charge in [0.1, 0.15) is 15.8 Å². The van der Waals surface area contributed by atoms with Gasteiger partial charge in [-0.3, -0.25) is 28.6 Å². The van der Waals surface area contributed by atoms with E-state index in [-0.39, 0.29) is 24.7 Å². The lowest BCUT2D eigenvalue weighted by Gasteiger charge is -2.36. The molecular weight excluding hydrogens is 663 g/mol. The molecule has 0 radical (unpaired) electrons. The van der Waals surface area contributed by atoms with E-state index in [1.54, 1.807) is 21.6 Å². The van der Waals surface area contributed by atoms with Crippen molar-refractivity contribution >= 4 is 57.7 Å². The summed E-state index contributed by atoms with van der Waals surface area (Å²) in [4.78, 5) is 49.9. The topological polar surface area (TPSA) is 117 Å². The van der Waals surface area contributed by atoms with Gasteiger partial charge in [0.2, 0.25) is 6.79 Å². The number of rotatable bonds is 15. The summed E-state index contributed by atoms with van der Waals surface area (Å²) in [5.74, 6) is 1.25. The Morgan fingerprint density at radius 1 is 0.980 bits per heavy atom. The number of unbranched alkanes of at least 4 members (excludes halogenated alkanes) is 7. The smallest absolute Gasteiger partial charge is 0.303 e. The molecule has 6 rings (SSSR count). The van der Waals surface area contributed by atoms with Crippen LogP contribution in [0.4, 0.5) is 5.82 Å². The second-order valence-electron chi connectivity index (χ2n) is 12.8. The quantitative estimate of drug-likeness (QED) is 0.117. The number of thiocarbonyl (C=S) groups is 1. The van der Waals surface area contributed by atoms with Crippen LogP contribution in [-0.2, 0) is 16.1 Å². The van der Waals surface area contributed by atoms with E-state index < -0.39 is 5.97 Å². The zero-order chi connectivity index (χ0) is 34.3. The molecule has 0 bridgehead atoms. The lowest BCUT2D eigenvalue weighted by atomic mass is 10.1. The second kappa shape index (κ2) is 16.2. The number of carbonyl (C=O) groups is 2. The number of carboxylic acid groups (broad SMARTS) is 1. The number of aliphatic carboxylic acids is 1. The SMILES string of the molecule is Cc1cccn2c(=O)c(C=C3SC(=S)N(CCCCCCCCCCC(=O)O)C3=O)c(N3CCN(Cc4ccc5c(c4)OCO5)CC3)nc12. The van der Waals surface area contributed by atoms with E-state index in [4.69, 9.17) is 31.8 Å². The van der Waals surface area contributed by atoms with E-state index in [1.807, 2.05) is 31.2 Å². The zero-order valence-corrected chi connectivity index (χ0v) is 29.5. The van der Waals surface area contributed by atoms with Gasteiger partial charge in [-0.2, -0.15) is 0 Å². The summed E-state index contributed by atoms with van der Waals surface area (Å²) < 4.78 is 13.1. The van der Waals surface area contributed by atoms with Gasteiger partial charge in [0.15, 0.2) is 11.5 Å². The van der Waals surface area contributed by atoms with E-state index in [0.29, 0.717) is 45.9 Å². The molecule has 11 nitrogen and oxygen atoms in total. The molecule has 3 aliphatic rings. The van der Waals surface area contributed by atoms with Crippen LogP contribution >= 0.6 is 24.0 Å². The van der Waals surface area contributed by atoms with Crippen LogP contribution in [0.3, 0.4) is 0 Å². The van der Waals surface area contributed by atoms with Gasteiger partial charge in [-0.25, -0.2) is 4.98 Å². The molecule has 2 saturated heterocycles. The number of carboxylic acids is 1. The fourth-order valence-electron chi connectivity index (χ4n) is 6.51. The first-order valence-electron chi connectivity index (χ1n) is 17.1. The molecule has 49 heavy (non-hydrogen) atoms. The Bertz CT molecular complexity index is 1800. The number of hydrogen-bond acceptors (Lipinski definition) is 10. The number of aryl methyl sites for hydroxylation is 1. The van der Waals surface area contributed by atoms with Crippen LogP contribution in [-0.4, -0.2) is 80.0 Å². The van der Waals surface area contributed by atoms with Crippen LogP contribution in [0.5, 0.6) is 11.5 Å². The van der Waals surface area contributed by atoms with Crippen molar-refractivity contribution in [1.82, 2.24) is 19.2 Å². The Kier molecular flexibility index (Phi) is 11.5. The van der Waals surface area contributed by atoms with Gasteiger partial charge in [0.05, 0.1) is 10.5 Å². The van der Waals surface area contributed by atoms with Crippen molar-refractivity contribution in [2.45, 2.75) is 71.3 Å². The number of anilines is 1. The Hall–Kier alpha value is -3.94. The van der Waals surface area contributed by atoms with E-state index in [0.717, 1.165) is 93.6 Å². The molecule has 2 aromatic heterocycles. The van der Waals surface area contributed by atoms with E-state index in [2.05, 4.69) is 15.9 Å². The monoisotopic (exact) mass is 705 g/mol. The Balaban J connectivity index is 1.10. The summed E-state index contributed by atoms with van der Waals surface area (Å²) in [6.45, 7) is 6.47. The van der Waals surface area contributed by atoms with Crippen LogP contribution < -0.4 is 19.9 Å². The third-order valence-electron chi connectivity index (χ3n) is 9.25. The molecule has 260 valence electrons. The van der Waals surface area contributed by atoms with Gasteiger partial charge in [-0.15, -0.1) is 0 Å². The van der Waals surface area contributed by atoms with Crippen LogP contribution in [0.25, 0.3) is 11.7 Å². The van der Waals surface area contributed by atoms with E-state index >= 15 is 0 Å². The van der Waals surface area contributed by atoms with Crippen molar-refractivity contribution < 1.29 is 24.2 Å². The highest BCUT2D eigenvalue weighted by Crippen LogP contribution is 2.35. The number of pyridine rings is 1. The van der Waals surface area contributed by atoms with Crippen LogP contribution in [0.15, 0.2) is 46.2 Å². The number of ether oxygens (including phenoxy) is 2. The summed E-state index contributed by atoms with van der Waals surface area (Å²) in [5.41, 5.74) is 2.85. The van der Waals surface area contributed by atoms with Gasteiger partial charge < -0.3 is 19.5 Å². The Morgan fingerprint density at radius 3 is 2.45 bits per heavy atom. The van der Waals surface area contributed by atoms with Gasteiger partial charge in [0, 0.05) is 51.9 Å². The second-order valence-corrected chi connectivity index (χ2v) is 14.5. The highest BCUT2D eigenvalue weighted by atomic mass is 32.2. The van der Waals surface area contributed by atoms with Crippen molar-refractivity contribution in [2.24, 2.45) is 0 Å². The van der Waals surface area contributed by atoms with Crippen molar-refractivity contribution in [1.29, 1.82) is 0 Å². The van der Waals surface area contributed by atoms with E-state index in [9.17, 15) is 14.4 Å². The average Bonchev–Trinajstić information content (AvgIpc) is 3.66. The molecule has 5 heterocycles. The number of nitrogens with zero attached hydrogens (tertiary/aromatic N) is 5. The third-order valence-corrected chi connectivity index (χ3v) is 10.6. The number of hydrogen-bond donors (Lipinski definition) is 1. The molecule has 0 aliphatic carbocycles. The summed E-state index contributed by atoms with van der Waals surface area (Å²) in [5, 5.41) is 8.75. The molecule has 0 spiro atoms. The maximum Gasteiger partial charge on any atom is 0.303 e. The minimum Gasteiger partial charge on any atom is -0.481 e. The van der Waals surface area contributed by atoms with Crippen LogP contribution in [0.1, 0.15) is 74.5 Å². The first-order chi connectivity index (χ1) is 23.8. The predicted octanol–water partition coefficient (Wildman–Crippen LogP) is 5.85. The summed E-state index contributed by atoms with van der Waals surface area (Å²) >= 11 is 6.87. The fourth-order valence-corrected chi connectivity index (χ4v) is 7.80. The van der Waals surface area contributed by atoms with E-state index in [1.165, 1.54) is 11.8 Å². The molecule has 3 aromatic rings. The van der Waals surface area contributed by atoms with Gasteiger partial charge in [-0.1, -0.05) is 74.6 Å². The zero-order valence-electron chi connectivity index (χ0n) is 27.9. The number of carbonyl (C=O) groups excluding carboxylic acids is 1. The Labute approximate surface area is 295 Å². The maximum atomic E-state index is 14.0. The first kappa shape index (κ1) is 34.9. The number of fused-ring (bicyclic) bond motifs is 2. The number of benzene rings is 1.